The quantitative estimate of drug-likeness (QED) is 0.227. The summed E-state index contributed by atoms with van der Waals surface area (Å²) >= 11 is 0. The van der Waals surface area contributed by atoms with Gasteiger partial charge in [-0.1, -0.05) is 0 Å². The van der Waals surface area contributed by atoms with Crippen molar-refractivity contribution in [2.75, 3.05) is 6.61 Å². The summed E-state index contributed by atoms with van der Waals surface area (Å²) in [6.45, 7) is -0.101. The van der Waals surface area contributed by atoms with E-state index < -0.39 is 83.1 Å². The molecule has 3 aromatic heterocycles. The Morgan fingerprint density at radius 1 is 1.10 bits per heavy atom. The van der Waals surface area contributed by atoms with E-state index in [4.69, 9.17) is 4.74 Å². The number of hydrogen-bond acceptors (Lipinski definition) is 8. The molecule has 48 heavy (non-hydrogen) atoms. The van der Waals surface area contributed by atoms with Crippen LogP contribution in [-0.2, 0) is 4.74 Å². The van der Waals surface area contributed by atoms with Crippen molar-refractivity contribution in [3.05, 3.63) is 41.1 Å². The third kappa shape index (κ3) is 6.15. The largest absolute Gasteiger partial charge is 0.376 e. The van der Waals surface area contributed by atoms with Crippen LogP contribution in [0, 0.1) is 5.92 Å². The van der Waals surface area contributed by atoms with Crippen molar-refractivity contribution in [2.24, 2.45) is 5.92 Å². The summed E-state index contributed by atoms with van der Waals surface area (Å²) in [4.78, 5) is 32.2. The van der Waals surface area contributed by atoms with Crippen molar-refractivity contribution in [2.45, 2.75) is 85.7 Å². The molecule has 4 heterocycles. The fourth-order valence-corrected chi connectivity index (χ4v) is 6.67. The maximum atomic E-state index is 15.8. The van der Waals surface area contributed by atoms with Gasteiger partial charge in [0, 0.05) is 29.1 Å². The van der Waals surface area contributed by atoms with Crippen LogP contribution in [0.25, 0.3) is 5.65 Å². The number of amides is 3. The van der Waals surface area contributed by atoms with E-state index in [2.05, 4.69) is 35.7 Å². The van der Waals surface area contributed by atoms with E-state index in [1.807, 2.05) is 0 Å². The molecule has 3 aliphatic rings. The van der Waals surface area contributed by atoms with Gasteiger partial charge in [-0.3, -0.25) is 4.79 Å². The second kappa shape index (κ2) is 12.0. The van der Waals surface area contributed by atoms with E-state index >= 15 is 8.78 Å². The van der Waals surface area contributed by atoms with Crippen molar-refractivity contribution in [3.8, 4) is 0 Å². The van der Waals surface area contributed by atoms with E-state index in [9.17, 15) is 27.2 Å². The van der Waals surface area contributed by atoms with Gasteiger partial charge in [-0.05, 0) is 48.0 Å². The average Bonchev–Trinajstić information content (AvgIpc) is 3.51. The molecule has 3 fully saturated rings. The highest BCUT2D eigenvalue weighted by molar-refractivity contribution is 6.48. The van der Waals surface area contributed by atoms with Gasteiger partial charge in [0.05, 0.1) is 42.9 Å². The SMILES string of the molecule is BC1(B)NC(=O)N([C@H](COC2CC2)c2cnn3cc([C@@H](NC(=O)c4nonc4C(F)F)C4CCC(F)(F)CC4)nc3c2)C(B)(B)C1(F)F. The Balaban J connectivity index is 1.36. The van der Waals surface area contributed by atoms with E-state index in [0.29, 0.717) is 5.56 Å². The van der Waals surface area contributed by atoms with Crippen LogP contribution in [0.15, 0.2) is 23.1 Å². The number of halogens is 6. The smallest absolute Gasteiger partial charge is 0.316 e. The Morgan fingerprint density at radius 3 is 2.44 bits per heavy atom. The second-order valence-corrected chi connectivity index (χ2v) is 13.8. The first-order chi connectivity index (χ1) is 22.4. The molecule has 0 bridgehead atoms. The molecule has 1 aliphatic heterocycles. The topological polar surface area (TPSA) is 140 Å². The number of ether oxygens (including phenoxy) is 1. The van der Waals surface area contributed by atoms with Gasteiger partial charge in [0.25, 0.3) is 18.3 Å². The summed E-state index contributed by atoms with van der Waals surface area (Å²) in [5.41, 5.74) is -0.999. The molecule has 0 spiro atoms. The fourth-order valence-electron chi connectivity index (χ4n) is 6.67. The van der Waals surface area contributed by atoms with Gasteiger partial charge in [-0.25, -0.2) is 45.3 Å². The lowest BCUT2D eigenvalue weighted by Gasteiger charge is -2.57. The van der Waals surface area contributed by atoms with E-state index in [0.717, 1.165) is 17.7 Å². The van der Waals surface area contributed by atoms with Crippen molar-refractivity contribution in [1.29, 1.82) is 0 Å². The Labute approximate surface area is 274 Å². The minimum Gasteiger partial charge on any atom is -0.376 e. The van der Waals surface area contributed by atoms with Gasteiger partial charge >= 0.3 is 6.03 Å². The van der Waals surface area contributed by atoms with Crippen molar-refractivity contribution >= 4 is 49.0 Å². The third-order valence-corrected chi connectivity index (χ3v) is 9.64. The number of fused-ring (bicyclic) bond motifs is 1. The van der Waals surface area contributed by atoms with Gasteiger partial charge in [0.2, 0.25) is 11.6 Å². The molecule has 2 N–H and O–H groups in total. The number of nitrogens with zero attached hydrogens (tertiary/aromatic N) is 6. The first-order valence-corrected chi connectivity index (χ1v) is 15.7. The summed E-state index contributed by atoms with van der Waals surface area (Å²) in [6, 6.07) is -1.21. The number of carbonyl (C=O) groups is 2. The van der Waals surface area contributed by atoms with E-state index in [1.54, 1.807) is 6.07 Å². The number of alkyl halides is 6. The molecule has 2 saturated carbocycles. The molecule has 0 radical (unpaired) electrons. The number of aromatic nitrogens is 5. The molecule has 6 rings (SSSR count). The molecule has 2 aliphatic carbocycles. The monoisotopic (exact) mass is 678 g/mol. The Kier molecular flexibility index (Phi) is 8.55. The van der Waals surface area contributed by atoms with Crippen LogP contribution in [0.2, 0.25) is 0 Å². The van der Waals surface area contributed by atoms with Crippen LogP contribution in [0.1, 0.15) is 84.5 Å². The fraction of sp³-hybridized carbons (Fsp3) is 0.615. The van der Waals surface area contributed by atoms with Crippen molar-refractivity contribution < 1.29 is 45.3 Å². The highest BCUT2D eigenvalue weighted by atomic mass is 19.3. The Hall–Kier alpha value is -3.70. The molecule has 254 valence electrons. The van der Waals surface area contributed by atoms with Crippen molar-refractivity contribution in [3.63, 3.8) is 0 Å². The molecule has 0 unspecified atom stereocenters. The van der Waals surface area contributed by atoms with E-state index in [1.165, 1.54) is 48.3 Å². The molecule has 2 atom stereocenters. The zero-order chi connectivity index (χ0) is 34.8. The summed E-state index contributed by atoms with van der Waals surface area (Å²) in [7, 11) is 5.11. The van der Waals surface area contributed by atoms with E-state index in [-0.39, 0.29) is 36.9 Å². The predicted octanol–water partition coefficient (Wildman–Crippen LogP) is 0.0671. The highest BCUT2D eigenvalue weighted by Gasteiger charge is 2.65. The lowest BCUT2D eigenvalue weighted by atomic mass is 9.43. The molecular weight excluding hydrogens is 646 g/mol. The van der Waals surface area contributed by atoms with Gasteiger partial charge in [-0.15, -0.1) is 0 Å². The minimum atomic E-state index is -3.38. The molecule has 12 nitrogen and oxygen atoms in total. The van der Waals surface area contributed by atoms with Crippen LogP contribution in [0.3, 0.4) is 0 Å². The average molecular weight is 678 g/mol. The van der Waals surface area contributed by atoms with Crippen LogP contribution in [0.5, 0.6) is 0 Å². The summed E-state index contributed by atoms with van der Waals surface area (Å²) in [5.74, 6) is -7.89. The number of urea groups is 1. The molecule has 3 amide bonds. The van der Waals surface area contributed by atoms with Gasteiger partial charge in [0.1, 0.15) is 31.4 Å². The van der Waals surface area contributed by atoms with Gasteiger partial charge < -0.3 is 20.3 Å². The number of rotatable bonds is 10. The predicted molar refractivity (Wildman–Crippen MR) is 166 cm³/mol. The van der Waals surface area contributed by atoms with Crippen molar-refractivity contribution in [1.82, 2.24) is 40.4 Å². The molecule has 22 heteroatoms. The zero-order valence-corrected chi connectivity index (χ0v) is 26.7. The maximum Gasteiger partial charge on any atom is 0.316 e. The normalized spacial score (nSPS) is 23.1. The van der Waals surface area contributed by atoms with Crippen LogP contribution < -0.4 is 10.6 Å². The second-order valence-electron chi connectivity index (χ2n) is 13.8. The summed E-state index contributed by atoms with van der Waals surface area (Å²) < 4.78 is 98.3. The molecule has 1 saturated heterocycles. The zero-order valence-electron chi connectivity index (χ0n) is 26.7. The minimum absolute atomic E-state index is 0.00639. The number of hydrogen-bond donors (Lipinski definition) is 2. The first kappa shape index (κ1) is 34.2. The Bertz CT molecular complexity index is 1700. The molecule has 0 aromatic carbocycles. The highest BCUT2D eigenvalue weighted by Crippen LogP contribution is 2.44. The Morgan fingerprint density at radius 2 is 1.79 bits per heavy atom. The summed E-state index contributed by atoms with van der Waals surface area (Å²) in [6.07, 6.45) is 0.314. The van der Waals surface area contributed by atoms with Gasteiger partial charge in [-0.2, -0.15) is 5.10 Å². The molecule has 3 aromatic rings. The lowest BCUT2D eigenvalue weighted by Crippen LogP contribution is -2.83. The maximum absolute atomic E-state index is 15.8. The van der Waals surface area contributed by atoms with Crippen LogP contribution in [-0.4, -0.2) is 108 Å². The third-order valence-electron chi connectivity index (χ3n) is 9.64. The number of imidazole rings is 1. The summed E-state index contributed by atoms with van der Waals surface area (Å²) in [5, 5.41) is 12.0. The number of carbonyl (C=O) groups excluding carboxylic acids is 2. The van der Waals surface area contributed by atoms with Crippen LogP contribution >= 0.6 is 0 Å². The number of nitrogens with one attached hydrogen (secondary N) is 2. The first-order valence-electron chi connectivity index (χ1n) is 15.7. The molecular formula is C26H32B4F6N8O4. The standard InChI is InChI=1S/C26H32B4F6N8O4/c27-25(28)24(35,36)26(29,30)44(22(46)40-25)15(10-47-13-1-2-13)12-7-16-38-14(9-43(16)37-8-12)17(11-3-5-23(33,34)6-4-11)39-21(45)19-18(20(31)32)41-48-42-19/h7-9,11,13,15,17,20H,1-6,10,27-30H2,(H,39,45)(H,40,46)/t15-,17+/m1/s1. The van der Waals surface area contributed by atoms with Crippen LogP contribution in [0.4, 0.5) is 31.1 Å². The lowest BCUT2D eigenvalue weighted by molar-refractivity contribution is -0.109. The van der Waals surface area contributed by atoms with Gasteiger partial charge in [0.15, 0.2) is 11.3 Å².